The Kier molecular flexibility index (Phi) is 3.60. The normalized spacial score (nSPS) is 14.0. The fourth-order valence-electron chi connectivity index (χ4n) is 1.55. The molecule has 0 bridgehead atoms. The van der Waals surface area contributed by atoms with Crippen molar-refractivity contribution in [1.29, 1.82) is 0 Å². The van der Waals surface area contributed by atoms with Crippen LogP contribution in [-0.2, 0) is 9.13 Å². The molecule has 0 atom stereocenters. The molecular formula is C7H18O2P2. The summed E-state index contributed by atoms with van der Waals surface area (Å²) in [7, 11) is -4.32. The Labute approximate surface area is 69.5 Å². The fraction of sp³-hybridized carbons (Fsp3) is 1.00. The van der Waals surface area contributed by atoms with E-state index >= 15 is 0 Å². The minimum atomic E-state index is -2.16. The first kappa shape index (κ1) is 11.5. The van der Waals surface area contributed by atoms with E-state index in [1.807, 2.05) is 6.92 Å². The maximum absolute atomic E-state index is 11.6. The summed E-state index contributed by atoms with van der Waals surface area (Å²) < 4.78 is 23.2. The molecule has 0 rings (SSSR count). The summed E-state index contributed by atoms with van der Waals surface area (Å²) >= 11 is 0. The topological polar surface area (TPSA) is 34.1 Å². The highest BCUT2D eigenvalue weighted by atomic mass is 31.2. The molecule has 0 aromatic carbocycles. The smallest absolute Gasteiger partial charge is 0.0918 e. The van der Waals surface area contributed by atoms with Crippen LogP contribution in [0.5, 0.6) is 0 Å². The van der Waals surface area contributed by atoms with Gasteiger partial charge in [0, 0.05) is 0 Å². The van der Waals surface area contributed by atoms with Gasteiger partial charge in [-0.15, -0.1) is 0 Å². The van der Waals surface area contributed by atoms with Crippen molar-refractivity contribution >= 4 is 14.3 Å². The van der Waals surface area contributed by atoms with Gasteiger partial charge < -0.3 is 9.13 Å². The third kappa shape index (κ3) is 3.58. The number of rotatable bonds is 3. The summed E-state index contributed by atoms with van der Waals surface area (Å²) in [6.07, 6.45) is 0.758. The molecule has 0 aromatic heterocycles. The van der Waals surface area contributed by atoms with Crippen molar-refractivity contribution in [2.75, 3.05) is 26.7 Å². The minimum absolute atomic E-state index is 0.0741. The van der Waals surface area contributed by atoms with Crippen LogP contribution in [-0.4, -0.2) is 32.1 Å². The zero-order valence-electron chi connectivity index (χ0n) is 8.00. The van der Waals surface area contributed by atoms with Gasteiger partial charge in [0.1, 0.15) is 0 Å². The molecule has 0 fully saturated rings. The molecule has 0 aliphatic heterocycles. The minimum Gasteiger partial charge on any atom is -0.323 e. The quantitative estimate of drug-likeness (QED) is 0.650. The standard InChI is InChI=1S/C7H18O2P2/c1-6-7(10(2,3)8)11(4,5)9/h7H,6H2,1-5H3. The van der Waals surface area contributed by atoms with Crippen LogP contribution >= 0.6 is 14.3 Å². The van der Waals surface area contributed by atoms with Crippen LogP contribution in [0.3, 0.4) is 0 Å². The van der Waals surface area contributed by atoms with E-state index in [4.69, 9.17) is 0 Å². The van der Waals surface area contributed by atoms with E-state index in [9.17, 15) is 9.13 Å². The van der Waals surface area contributed by atoms with Crippen LogP contribution in [0.1, 0.15) is 13.3 Å². The van der Waals surface area contributed by atoms with Crippen molar-refractivity contribution in [1.82, 2.24) is 0 Å². The van der Waals surface area contributed by atoms with Gasteiger partial charge in [0.2, 0.25) is 0 Å². The highest BCUT2D eigenvalue weighted by Crippen LogP contribution is 2.62. The van der Waals surface area contributed by atoms with Gasteiger partial charge >= 0.3 is 0 Å². The van der Waals surface area contributed by atoms with Crippen LogP contribution in [0, 0.1) is 0 Å². The Morgan fingerprint density at radius 3 is 1.27 bits per heavy atom. The zero-order valence-corrected chi connectivity index (χ0v) is 9.78. The summed E-state index contributed by atoms with van der Waals surface area (Å²) in [4.78, 5) is 0. The van der Waals surface area contributed by atoms with Crippen molar-refractivity contribution < 1.29 is 9.13 Å². The molecule has 0 aliphatic rings. The Hall–Kier alpha value is 0.460. The monoisotopic (exact) mass is 196 g/mol. The van der Waals surface area contributed by atoms with Gasteiger partial charge in [-0.25, -0.2) is 0 Å². The van der Waals surface area contributed by atoms with E-state index in [1.54, 1.807) is 26.7 Å². The van der Waals surface area contributed by atoms with E-state index in [1.165, 1.54) is 0 Å². The van der Waals surface area contributed by atoms with E-state index in [0.29, 0.717) is 0 Å². The van der Waals surface area contributed by atoms with Gasteiger partial charge in [-0.05, 0) is 33.1 Å². The van der Waals surface area contributed by atoms with Gasteiger partial charge in [0.05, 0.1) is 19.7 Å². The third-order valence-corrected chi connectivity index (χ3v) is 8.74. The first-order valence-electron chi connectivity index (χ1n) is 3.79. The second kappa shape index (κ2) is 3.46. The van der Waals surface area contributed by atoms with Crippen molar-refractivity contribution in [2.45, 2.75) is 18.7 Å². The van der Waals surface area contributed by atoms with Crippen molar-refractivity contribution in [2.24, 2.45) is 0 Å². The lowest BCUT2D eigenvalue weighted by atomic mass is 10.6. The average Bonchev–Trinajstić information content (AvgIpc) is 1.56. The van der Waals surface area contributed by atoms with Crippen molar-refractivity contribution in [3.8, 4) is 0 Å². The lowest BCUT2D eigenvalue weighted by molar-refractivity contribution is 0.565. The lowest BCUT2D eigenvalue weighted by Gasteiger charge is -2.23. The summed E-state index contributed by atoms with van der Waals surface area (Å²) in [5, 5.41) is -0.0741. The largest absolute Gasteiger partial charge is 0.323 e. The molecule has 0 saturated carbocycles. The van der Waals surface area contributed by atoms with Crippen LogP contribution in [0.25, 0.3) is 0 Å². The molecule has 4 heteroatoms. The maximum Gasteiger partial charge on any atom is 0.0918 e. The van der Waals surface area contributed by atoms with Gasteiger partial charge in [-0.1, -0.05) is 6.92 Å². The third-order valence-electron chi connectivity index (χ3n) is 1.80. The van der Waals surface area contributed by atoms with Crippen molar-refractivity contribution in [3.63, 3.8) is 0 Å². The Morgan fingerprint density at radius 2 is 1.27 bits per heavy atom. The molecular weight excluding hydrogens is 178 g/mol. The Bertz CT molecular complexity index is 188. The van der Waals surface area contributed by atoms with Crippen LogP contribution in [0.2, 0.25) is 0 Å². The highest BCUT2D eigenvalue weighted by molar-refractivity contribution is 7.80. The summed E-state index contributed by atoms with van der Waals surface area (Å²) in [6.45, 7) is 8.84. The van der Waals surface area contributed by atoms with Gasteiger partial charge in [-0.2, -0.15) is 0 Å². The second-order valence-corrected chi connectivity index (χ2v) is 11.1. The number of hydrogen-bond acceptors (Lipinski definition) is 2. The molecule has 68 valence electrons. The highest BCUT2D eigenvalue weighted by Gasteiger charge is 2.31. The van der Waals surface area contributed by atoms with Crippen molar-refractivity contribution in [3.05, 3.63) is 0 Å². The molecule has 0 spiro atoms. The van der Waals surface area contributed by atoms with E-state index in [2.05, 4.69) is 0 Å². The number of hydrogen-bond donors (Lipinski definition) is 0. The van der Waals surface area contributed by atoms with Crippen LogP contribution < -0.4 is 0 Å². The average molecular weight is 196 g/mol. The van der Waals surface area contributed by atoms with E-state index in [0.717, 1.165) is 6.42 Å². The van der Waals surface area contributed by atoms with Crippen LogP contribution in [0.4, 0.5) is 0 Å². The molecule has 0 saturated heterocycles. The molecule has 0 radical (unpaired) electrons. The molecule has 0 heterocycles. The van der Waals surface area contributed by atoms with E-state index in [-0.39, 0.29) is 5.40 Å². The molecule has 0 unspecified atom stereocenters. The maximum atomic E-state index is 11.6. The first-order valence-corrected chi connectivity index (χ1v) is 9.13. The SMILES string of the molecule is CCC(P(C)(C)=O)P(C)(C)=O. The molecule has 2 nitrogen and oxygen atoms in total. The van der Waals surface area contributed by atoms with Crippen LogP contribution in [0.15, 0.2) is 0 Å². The molecule has 0 aliphatic carbocycles. The molecule has 0 aromatic rings. The Balaban J connectivity index is 4.72. The summed E-state index contributed by atoms with van der Waals surface area (Å²) in [5.74, 6) is 0. The zero-order chi connectivity index (χ0) is 9.28. The lowest BCUT2D eigenvalue weighted by Crippen LogP contribution is -2.05. The van der Waals surface area contributed by atoms with Gasteiger partial charge in [0.15, 0.2) is 0 Å². The Morgan fingerprint density at radius 1 is 1.00 bits per heavy atom. The molecule has 11 heavy (non-hydrogen) atoms. The molecule has 0 amide bonds. The predicted molar refractivity (Wildman–Crippen MR) is 53.0 cm³/mol. The predicted octanol–water partition coefficient (Wildman–Crippen LogP) is 2.97. The first-order chi connectivity index (χ1) is 4.69. The fourth-order valence-corrected chi connectivity index (χ4v) is 8.67. The van der Waals surface area contributed by atoms with Gasteiger partial charge in [-0.3, -0.25) is 0 Å². The summed E-state index contributed by atoms with van der Waals surface area (Å²) in [6, 6.07) is 0. The van der Waals surface area contributed by atoms with Gasteiger partial charge in [0.25, 0.3) is 0 Å². The second-order valence-electron chi connectivity index (χ2n) is 3.76. The molecule has 0 N–H and O–H groups in total. The van der Waals surface area contributed by atoms with E-state index < -0.39 is 14.3 Å². The summed E-state index contributed by atoms with van der Waals surface area (Å²) in [5.41, 5.74) is 0.